The molecule has 2 amide bonds. The van der Waals surface area contributed by atoms with Crippen LogP contribution in [0, 0.1) is 0 Å². The van der Waals surface area contributed by atoms with Gasteiger partial charge in [-0.05, 0) is 24.1 Å². The summed E-state index contributed by atoms with van der Waals surface area (Å²) in [7, 11) is 0. The van der Waals surface area contributed by atoms with Crippen molar-refractivity contribution < 1.29 is 9.59 Å². The Balaban J connectivity index is 1.73. The Morgan fingerprint density at radius 3 is 2.95 bits per heavy atom. The van der Waals surface area contributed by atoms with E-state index in [0.29, 0.717) is 25.9 Å². The number of nitrogens with one attached hydrogen (secondary N) is 3. The average molecular weight is 274 g/mol. The molecular formula is C14H18N4O2. The van der Waals surface area contributed by atoms with Gasteiger partial charge in [0.25, 0.3) is 0 Å². The van der Waals surface area contributed by atoms with Crippen LogP contribution in [0.25, 0.3) is 11.0 Å². The molecule has 0 fully saturated rings. The molecule has 0 aliphatic carbocycles. The summed E-state index contributed by atoms with van der Waals surface area (Å²) in [6.45, 7) is 2.49. The number of amides is 2. The van der Waals surface area contributed by atoms with Crippen molar-refractivity contribution in [1.82, 2.24) is 20.6 Å². The van der Waals surface area contributed by atoms with Crippen LogP contribution in [0.5, 0.6) is 0 Å². The highest BCUT2D eigenvalue weighted by Gasteiger charge is 2.03. The molecule has 1 heterocycles. The molecule has 6 nitrogen and oxygen atoms in total. The molecule has 0 unspecified atom stereocenters. The van der Waals surface area contributed by atoms with E-state index in [4.69, 9.17) is 0 Å². The van der Waals surface area contributed by atoms with Crippen molar-refractivity contribution in [3.63, 3.8) is 0 Å². The Morgan fingerprint density at radius 2 is 2.15 bits per heavy atom. The zero-order valence-electron chi connectivity index (χ0n) is 11.4. The van der Waals surface area contributed by atoms with Crippen molar-refractivity contribution >= 4 is 22.8 Å². The first-order valence-corrected chi connectivity index (χ1v) is 6.58. The maximum Gasteiger partial charge on any atom is 0.220 e. The zero-order chi connectivity index (χ0) is 14.4. The molecule has 0 aliphatic heterocycles. The lowest BCUT2D eigenvalue weighted by Crippen LogP contribution is -2.25. The van der Waals surface area contributed by atoms with Crippen LogP contribution in [-0.4, -0.2) is 28.3 Å². The van der Waals surface area contributed by atoms with Gasteiger partial charge in [0.15, 0.2) is 0 Å². The lowest BCUT2D eigenvalue weighted by Gasteiger charge is -2.06. The minimum absolute atomic E-state index is 0.0138. The Morgan fingerprint density at radius 1 is 1.30 bits per heavy atom. The number of aromatic nitrogens is 2. The highest BCUT2D eigenvalue weighted by atomic mass is 16.2. The largest absolute Gasteiger partial charge is 0.356 e. The van der Waals surface area contributed by atoms with Gasteiger partial charge in [0, 0.05) is 26.4 Å². The summed E-state index contributed by atoms with van der Waals surface area (Å²) in [6.07, 6.45) is 2.70. The summed E-state index contributed by atoms with van der Waals surface area (Å²) in [5.74, 6) is -0.0849. The van der Waals surface area contributed by atoms with Crippen LogP contribution in [0.1, 0.15) is 25.3 Å². The van der Waals surface area contributed by atoms with Gasteiger partial charge in [-0.25, -0.2) is 4.98 Å². The van der Waals surface area contributed by atoms with Gasteiger partial charge in [0.05, 0.1) is 17.4 Å². The molecule has 2 aromatic rings. The van der Waals surface area contributed by atoms with E-state index in [9.17, 15) is 9.59 Å². The number of nitrogens with zero attached hydrogens (tertiary/aromatic N) is 1. The van der Waals surface area contributed by atoms with E-state index in [2.05, 4.69) is 20.6 Å². The lowest BCUT2D eigenvalue weighted by atomic mass is 10.2. The van der Waals surface area contributed by atoms with Crippen LogP contribution in [0.2, 0.25) is 0 Å². The molecule has 106 valence electrons. The molecule has 20 heavy (non-hydrogen) atoms. The second kappa shape index (κ2) is 6.70. The highest BCUT2D eigenvalue weighted by Crippen LogP contribution is 2.11. The second-order valence-electron chi connectivity index (χ2n) is 4.62. The van der Waals surface area contributed by atoms with Gasteiger partial charge in [-0.15, -0.1) is 0 Å². The minimum Gasteiger partial charge on any atom is -0.356 e. The van der Waals surface area contributed by atoms with Crippen molar-refractivity contribution in [2.45, 2.75) is 26.3 Å². The normalized spacial score (nSPS) is 10.4. The number of H-pyrrole nitrogens is 1. The van der Waals surface area contributed by atoms with E-state index in [-0.39, 0.29) is 11.8 Å². The summed E-state index contributed by atoms with van der Waals surface area (Å²) < 4.78 is 0. The van der Waals surface area contributed by atoms with Crippen LogP contribution < -0.4 is 10.6 Å². The standard InChI is InChI=1S/C14H18N4O2/c1-10(19)15-6-2-3-14(20)16-8-11-4-5-12-13(7-11)18-9-17-12/h4-5,7,9H,2-3,6,8H2,1H3,(H,15,19)(H,16,20)(H,17,18). The molecule has 0 bridgehead atoms. The molecule has 1 aromatic carbocycles. The first kappa shape index (κ1) is 14.0. The summed E-state index contributed by atoms with van der Waals surface area (Å²) in [4.78, 5) is 29.5. The Kier molecular flexibility index (Phi) is 4.70. The number of carbonyl (C=O) groups excluding carboxylic acids is 2. The molecule has 0 radical (unpaired) electrons. The van der Waals surface area contributed by atoms with Gasteiger partial charge in [0.1, 0.15) is 0 Å². The molecule has 2 rings (SSSR count). The van der Waals surface area contributed by atoms with Crippen molar-refractivity contribution in [2.75, 3.05) is 6.54 Å². The van der Waals surface area contributed by atoms with Gasteiger partial charge in [-0.1, -0.05) is 6.07 Å². The highest BCUT2D eigenvalue weighted by molar-refractivity contribution is 5.77. The predicted molar refractivity (Wildman–Crippen MR) is 75.9 cm³/mol. The number of aromatic amines is 1. The number of hydrogen-bond acceptors (Lipinski definition) is 3. The molecular weight excluding hydrogens is 256 g/mol. The smallest absolute Gasteiger partial charge is 0.220 e. The van der Waals surface area contributed by atoms with Crippen molar-refractivity contribution in [3.05, 3.63) is 30.1 Å². The number of rotatable bonds is 6. The maximum atomic E-state index is 11.6. The second-order valence-corrected chi connectivity index (χ2v) is 4.62. The first-order valence-electron chi connectivity index (χ1n) is 6.58. The fourth-order valence-corrected chi connectivity index (χ4v) is 1.90. The molecule has 3 N–H and O–H groups in total. The summed E-state index contributed by atoms with van der Waals surface area (Å²) >= 11 is 0. The van der Waals surface area contributed by atoms with Crippen LogP contribution in [0.3, 0.4) is 0 Å². The number of hydrogen-bond donors (Lipinski definition) is 3. The van der Waals surface area contributed by atoms with E-state index in [0.717, 1.165) is 16.6 Å². The number of fused-ring (bicyclic) bond motifs is 1. The van der Waals surface area contributed by atoms with E-state index >= 15 is 0 Å². The first-order chi connectivity index (χ1) is 9.65. The fraction of sp³-hybridized carbons (Fsp3) is 0.357. The summed E-state index contributed by atoms with van der Waals surface area (Å²) in [6, 6.07) is 5.84. The molecule has 0 saturated carbocycles. The average Bonchev–Trinajstić information content (AvgIpc) is 2.88. The van der Waals surface area contributed by atoms with Crippen LogP contribution in [-0.2, 0) is 16.1 Å². The zero-order valence-corrected chi connectivity index (χ0v) is 11.4. The van der Waals surface area contributed by atoms with Crippen LogP contribution in [0.15, 0.2) is 24.5 Å². The molecule has 1 aromatic heterocycles. The van der Waals surface area contributed by atoms with Gasteiger partial charge in [0.2, 0.25) is 11.8 Å². The molecule has 0 saturated heterocycles. The monoisotopic (exact) mass is 274 g/mol. The fourth-order valence-electron chi connectivity index (χ4n) is 1.90. The van der Waals surface area contributed by atoms with Crippen LogP contribution >= 0.6 is 0 Å². The van der Waals surface area contributed by atoms with E-state index in [1.165, 1.54) is 6.92 Å². The third kappa shape index (κ3) is 4.08. The summed E-state index contributed by atoms with van der Waals surface area (Å²) in [5.41, 5.74) is 2.90. The van der Waals surface area contributed by atoms with Gasteiger partial charge >= 0.3 is 0 Å². The number of imidazole rings is 1. The SMILES string of the molecule is CC(=O)NCCCC(=O)NCc1ccc2nc[nH]c2c1. The summed E-state index contributed by atoms with van der Waals surface area (Å²) in [5, 5.41) is 5.52. The maximum absolute atomic E-state index is 11.6. The minimum atomic E-state index is -0.0710. The van der Waals surface area contributed by atoms with Gasteiger partial charge in [-0.2, -0.15) is 0 Å². The quantitative estimate of drug-likeness (QED) is 0.689. The third-order valence-electron chi connectivity index (χ3n) is 2.93. The van der Waals surface area contributed by atoms with Crippen molar-refractivity contribution in [3.8, 4) is 0 Å². The Bertz CT molecular complexity index is 606. The van der Waals surface area contributed by atoms with E-state index < -0.39 is 0 Å². The van der Waals surface area contributed by atoms with E-state index in [1.54, 1.807) is 6.33 Å². The van der Waals surface area contributed by atoms with Crippen molar-refractivity contribution in [1.29, 1.82) is 0 Å². The molecule has 0 atom stereocenters. The third-order valence-corrected chi connectivity index (χ3v) is 2.93. The molecule has 0 spiro atoms. The molecule has 0 aliphatic rings. The van der Waals surface area contributed by atoms with Crippen LogP contribution in [0.4, 0.5) is 0 Å². The van der Waals surface area contributed by atoms with E-state index in [1.807, 2.05) is 18.2 Å². The Labute approximate surface area is 117 Å². The lowest BCUT2D eigenvalue weighted by molar-refractivity contribution is -0.122. The van der Waals surface area contributed by atoms with Gasteiger partial charge in [-0.3, -0.25) is 9.59 Å². The Hall–Kier alpha value is -2.37. The van der Waals surface area contributed by atoms with Crippen molar-refractivity contribution in [2.24, 2.45) is 0 Å². The number of benzene rings is 1. The van der Waals surface area contributed by atoms with Gasteiger partial charge < -0.3 is 15.6 Å². The topological polar surface area (TPSA) is 86.9 Å². The molecule has 6 heteroatoms. The number of carbonyl (C=O) groups is 2. The predicted octanol–water partition coefficient (Wildman–Crippen LogP) is 1.10.